The smallest absolute Gasteiger partial charge is 0.255 e. The molecule has 2 aliphatic rings. The number of carbonyl (C=O) groups excluding carboxylic acids is 4. The summed E-state index contributed by atoms with van der Waals surface area (Å²) >= 11 is 0. The van der Waals surface area contributed by atoms with E-state index >= 15 is 0 Å². The van der Waals surface area contributed by atoms with Gasteiger partial charge in [0, 0.05) is 36.9 Å². The van der Waals surface area contributed by atoms with E-state index in [1.165, 1.54) is 14.1 Å². The van der Waals surface area contributed by atoms with Crippen molar-refractivity contribution >= 4 is 69.4 Å². The van der Waals surface area contributed by atoms with Crippen LogP contribution in [0.3, 0.4) is 0 Å². The summed E-state index contributed by atoms with van der Waals surface area (Å²) < 4.78 is 6.11. The highest BCUT2D eigenvalue weighted by atomic mass is 16.3. The third-order valence-electron chi connectivity index (χ3n) is 8.34. The third kappa shape index (κ3) is 5.75. The molecule has 1 heterocycles. The van der Waals surface area contributed by atoms with Crippen molar-refractivity contribution in [3.8, 4) is 11.5 Å². The molecule has 2 aliphatic carbocycles. The zero-order chi connectivity index (χ0) is 34.9. The Morgan fingerprint density at radius 3 is 1.86 bits per heavy atom. The Hall–Kier alpha value is -6.95. The minimum absolute atomic E-state index is 0.00568. The number of ketones is 2. The number of rotatable bonds is 7. The summed E-state index contributed by atoms with van der Waals surface area (Å²) in [5.41, 5.74) is 12.7. The van der Waals surface area contributed by atoms with Gasteiger partial charge in [0.15, 0.2) is 5.58 Å². The van der Waals surface area contributed by atoms with Gasteiger partial charge < -0.3 is 15.1 Å². The molecule has 0 aliphatic heterocycles. The molecule has 246 valence electrons. The summed E-state index contributed by atoms with van der Waals surface area (Å²) in [6.07, 6.45) is 3.13. The lowest BCUT2D eigenvalue weighted by Gasteiger charge is -2.17. The number of hydrazone groups is 2. The molecule has 0 spiro atoms. The van der Waals surface area contributed by atoms with E-state index in [9.17, 15) is 19.2 Å². The van der Waals surface area contributed by atoms with Crippen molar-refractivity contribution < 1.29 is 23.6 Å². The zero-order valence-corrected chi connectivity index (χ0v) is 27.1. The fourth-order valence-electron chi connectivity index (χ4n) is 5.72. The first-order chi connectivity index (χ1) is 24.2. The lowest BCUT2D eigenvalue weighted by atomic mass is 9.89. The predicted molar refractivity (Wildman–Crippen MR) is 191 cm³/mol. The molecule has 0 saturated heterocycles. The summed E-state index contributed by atoms with van der Waals surface area (Å²) in [5, 5.41) is 13.8. The molecule has 0 unspecified atom stereocenters. The number of likely N-dealkylation sites (N-methyl/N-ethyl adjacent to an activating group) is 2. The van der Waals surface area contributed by atoms with E-state index in [4.69, 9.17) is 4.42 Å². The van der Waals surface area contributed by atoms with Gasteiger partial charge in [0.2, 0.25) is 17.5 Å². The van der Waals surface area contributed by atoms with Crippen LogP contribution in [0.25, 0.3) is 34.7 Å². The number of nitrogens with one attached hydrogen (secondary N) is 4. The van der Waals surface area contributed by atoms with Crippen LogP contribution in [0, 0.1) is 6.92 Å². The molecule has 5 aromatic rings. The lowest BCUT2D eigenvalue weighted by Crippen LogP contribution is -2.32. The van der Waals surface area contributed by atoms with Crippen molar-refractivity contribution in [3.63, 3.8) is 0 Å². The van der Waals surface area contributed by atoms with Crippen LogP contribution in [-0.4, -0.2) is 53.9 Å². The average Bonchev–Trinajstić information content (AvgIpc) is 3.57. The van der Waals surface area contributed by atoms with Gasteiger partial charge in [0.1, 0.15) is 16.9 Å². The summed E-state index contributed by atoms with van der Waals surface area (Å²) in [7, 11) is 2.95. The number of aryl methyl sites for hydroxylation is 1. The van der Waals surface area contributed by atoms with E-state index in [2.05, 4.69) is 36.7 Å². The molecule has 12 heteroatoms. The monoisotopic (exact) mass is 663 g/mol. The zero-order valence-electron chi connectivity index (χ0n) is 27.1. The Morgan fingerprint density at radius 2 is 1.28 bits per heavy atom. The largest absolute Gasteiger partial charge is 0.436 e. The van der Waals surface area contributed by atoms with E-state index in [-0.39, 0.29) is 22.6 Å². The van der Waals surface area contributed by atoms with Crippen molar-refractivity contribution in [3.05, 3.63) is 124 Å². The van der Waals surface area contributed by atoms with E-state index in [1.807, 2.05) is 55.5 Å². The maximum absolute atomic E-state index is 13.2. The third-order valence-corrected chi connectivity index (χ3v) is 8.34. The van der Waals surface area contributed by atoms with Crippen LogP contribution in [0.1, 0.15) is 27.8 Å². The lowest BCUT2D eigenvalue weighted by molar-refractivity contribution is -0.121. The Kier molecular flexibility index (Phi) is 8.18. The SMILES string of the molecule is CNC(=O)C1=Cc2ccccc2/C(=N/Nc2ccc3nc(-c4ccc(N/N=C5\C(=O)C(C(=O)NC)=Cc6ccccc65)c(C)c4)oc3c2)C1=O. The number of fused-ring (bicyclic) bond motifs is 3. The highest BCUT2D eigenvalue weighted by molar-refractivity contribution is 6.59. The fraction of sp³-hybridized carbons (Fsp3) is 0.0789. The number of oxazole rings is 1. The van der Waals surface area contributed by atoms with Gasteiger partial charge in [-0.1, -0.05) is 48.5 Å². The maximum atomic E-state index is 13.2. The summed E-state index contributed by atoms with van der Waals surface area (Å²) in [4.78, 5) is 55.8. The normalized spacial score (nSPS) is 15.3. The van der Waals surface area contributed by atoms with Gasteiger partial charge in [-0.15, -0.1) is 0 Å². The van der Waals surface area contributed by atoms with Gasteiger partial charge in [-0.25, -0.2) is 4.98 Å². The van der Waals surface area contributed by atoms with Gasteiger partial charge in [0.25, 0.3) is 11.8 Å². The molecule has 0 radical (unpaired) electrons. The first-order valence-electron chi connectivity index (χ1n) is 15.6. The summed E-state index contributed by atoms with van der Waals surface area (Å²) in [5.74, 6) is -1.54. The van der Waals surface area contributed by atoms with Crippen molar-refractivity contribution in [2.24, 2.45) is 10.2 Å². The number of amides is 2. The Labute approximate surface area is 285 Å². The molecule has 0 atom stereocenters. The molecule has 7 rings (SSSR count). The van der Waals surface area contributed by atoms with Gasteiger partial charge in [-0.2, -0.15) is 10.2 Å². The van der Waals surface area contributed by atoms with Crippen LogP contribution < -0.4 is 21.5 Å². The van der Waals surface area contributed by atoms with Crippen LogP contribution >= 0.6 is 0 Å². The minimum Gasteiger partial charge on any atom is -0.436 e. The van der Waals surface area contributed by atoms with Gasteiger partial charge >= 0.3 is 0 Å². The molecule has 4 N–H and O–H groups in total. The van der Waals surface area contributed by atoms with Crippen molar-refractivity contribution in [2.45, 2.75) is 6.92 Å². The van der Waals surface area contributed by atoms with Crippen LogP contribution in [0.2, 0.25) is 0 Å². The van der Waals surface area contributed by atoms with Crippen LogP contribution in [-0.2, 0) is 19.2 Å². The topological polar surface area (TPSA) is 167 Å². The molecule has 12 nitrogen and oxygen atoms in total. The molecule has 0 fully saturated rings. The molecule has 2 amide bonds. The quantitative estimate of drug-likeness (QED) is 0.142. The van der Waals surface area contributed by atoms with Gasteiger partial charge in [0.05, 0.1) is 22.5 Å². The molecule has 4 aromatic carbocycles. The number of hydrogen-bond donors (Lipinski definition) is 4. The highest BCUT2D eigenvalue weighted by Gasteiger charge is 2.31. The maximum Gasteiger partial charge on any atom is 0.255 e. The number of Topliss-reactive ketones (excluding diaryl/α,β-unsaturated/α-hetero) is 2. The van der Waals surface area contributed by atoms with Crippen LogP contribution in [0.4, 0.5) is 11.4 Å². The summed E-state index contributed by atoms with van der Waals surface area (Å²) in [6.45, 7) is 1.89. The molecule has 50 heavy (non-hydrogen) atoms. The second-order valence-electron chi connectivity index (χ2n) is 11.5. The first-order valence-corrected chi connectivity index (χ1v) is 15.6. The van der Waals surface area contributed by atoms with Gasteiger partial charge in [-0.3, -0.25) is 30.0 Å². The predicted octanol–water partition coefficient (Wildman–Crippen LogP) is 4.86. The minimum atomic E-state index is -0.487. The number of nitrogens with zero attached hydrogens (tertiary/aromatic N) is 3. The Balaban J connectivity index is 1.12. The number of carbonyl (C=O) groups is 4. The summed E-state index contributed by atoms with van der Waals surface area (Å²) in [6, 6.07) is 25.3. The molecule has 0 saturated carbocycles. The molecular weight excluding hydrogens is 634 g/mol. The van der Waals surface area contributed by atoms with Crippen molar-refractivity contribution in [1.29, 1.82) is 0 Å². The second-order valence-corrected chi connectivity index (χ2v) is 11.5. The molecular formula is C38H29N7O5. The molecule has 1 aromatic heterocycles. The fourth-order valence-corrected chi connectivity index (χ4v) is 5.72. The first kappa shape index (κ1) is 31.6. The number of anilines is 2. The van der Waals surface area contributed by atoms with E-state index in [1.54, 1.807) is 48.6 Å². The van der Waals surface area contributed by atoms with Gasteiger partial charge in [-0.05, 0) is 66.1 Å². The van der Waals surface area contributed by atoms with E-state index < -0.39 is 23.4 Å². The van der Waals surface area contributed by atoms with E-state index in [0.717, 1.165) is 11.1 Å². The van der Waals surface area contributed by atoms with Crippen LogP contribution in [0.15, 0.2) is 111 Å². The number of benzene rings is 4. The highest BCUT2D eigenvalue weighted by Crippen LogP contribution is 2.30. The Bertz CT molecular complexity index is 2400. The number of aromatic nitrogens is 1. The standard InChI is InChI=1S/C38H29N7O5/c1-20-16-23(12-14-29(20)43-45-33-26-11-7-5-9-22(26)18-28(35(33)47)37(49)40-3)38-41-30-15-13-24(19-31(30)50-38)42-44-32-25-10-6-4-8-21(25)17-27(34(32)46)36(48)39-2/h4-19,42-43H,1-3H3,(H,39,48)(H,40,49)/b44-32-,45-33-. The second kappa shape index (κ2) is 12.9. The van der Waals surface area contributed by atoms with Crippen molar-refractivity contribution in [1.82, 2.24) is 15.6 Å². The van der Waals surface area contributed by atoms with Crippen molar-refractivity contribution in [2.75, 3.05) is 24.9 Å². The number of hydrogen-bond acceptors (Lipinski definition) is 10. The molecule has 0 bridgehead atoms. The Morgan fingerprint density at radius 1 is 0.700 bits per heavy atom. The van der Waals surface area contributed by atoms with E-state index in [0.29, 0.717) is 50.6 Å². The average molecular weight is 664 g/mol. The van der Waals surface area contributed by atoms with Crippen LogP contribution in [0.5, 0.6) is 0 Å².